The van der Waals surface area contributed by atoms with E-state index in [0.29, 0.717) is 28.9 Å². The Morgan fingerprint density at radius 3 is 2.53 bits per heavy atom. The maximum atomic E-state index is 12.6. The molecule has 4 aromatic rings. The third-order valence-electron chi connectivity index (χ3n) is 4.91. The molecule has 0 fully saturated rings. The van der Waals surface area contributed by atoms with Gasteiger partial charge in [-0.2, -0.15) is 9.78 Å². The quantitative estimate of drug-likeness (QED) is 0.455. The standard InChI is InChI=1S/C23H24N6O3/c1-6-32-22(30)17-12-24-29(21(17)28-23-25-14(3)11-15(4)26-23)19-10-13(2)16-8-7-9-18(31-5)20(16)27-19/h7-12H,6H2,1-5H3,(H,25,26,28). The van der Waals surface area contributed by atoms with Gasteiger partial charge in [-0.1, -0.05) is 12.1 Å². The minimum absolute atomic E-state index is 0.244. The minimum atomic E-state index is -0.499. The Kier molecular flexibility index (Phi) is 5.72. The first-order valence-corrected chi connectivity index (χ1v) is 10.2. The lowest BCUT2D eigenvalue weighted by atomic mass is 10.1. The highest BCUT2D eigenvalue weighted by atomic mass is 16.5. The van der Waals surface area contributed by atoms with Gasteiger partial charge in [-0.15, -0.1) is 0 Å². The van der Waals surface area contributed by atoms with Crippen molar-refractivity contribution in [3.05, 3.63) is 59.0 Å². The van der Waals surface area contributed by atoms with Gasteiger partial charge in [-0.25, -0.2) is 19.7 Å². The molecule has 0 amide bonds. The summed E-state index contributed by atoms with van der Waals surface area (Å²) in [6, 6.07) is 9.53. The number of hydrogen-bond donors (Lipinski definition) is 1. The van der Waals surface area contributed by atoms with Crippen molar-refractivity contribution in [2.45, 2.75) is 27.7 Å². The van der Waals surface area contributed by atoms with E-state index >= 15 is 0 Å². The normalized spacial score (nSPS) is 10.9. The molecular formula is C23H24N6O3. The smallest absolute Gasteiger partial charge is 0.343 e. The summed E-state index contributed by atoms with van der Waals surface area (Å²) in [4.78, 5) is 26.3. The Morgan fingerprint density at radius 2 is 1.84 bits per heavy atom. The lowest BCUT2D eigenvalue weighted by Crippen LogP contribution is -2.12. The fourth-order valence-electron chi connectivity index (χ4n) is 3.54. The number of esters is 1. The predicted octanol–water partition coefficient (Wildman–Crippen LogP) is 4.06. The summed E-state index contributed by atoms with van der Waals surface area (Å²) in [6.07, 6.45) is 1.45. The maximum absolute atomic E-state index is 12.6. The van der Waals surface area contributed by atoms with E-state index in [-0.39, 0.29) is 12.2 Å². The molecule has 164 valence electrons. The van der Waals surface area contributed by atoms with E-state index in [1.165, 1.54) is 6.20 Å². The summed E-state index contributed by atoms with van der Waals surface area (Å²) in [5.74, 6) is 1.39. The van der Waals surface area contributed by atoms with Crippen molar-refractivity contribution in [3.8, 4) is 11.6 Å². The van der Waals surface area contributed by atoms with Gasteiger partial charge in [0.25, 0.3) is 0 Å². The molecule has 0 atom stereocenters. The Balaban J connectivity index is 1.90. The first kappa shape index (κ1) is 21.2. The summed E-state index contributed by atoms with van der Waals surface area (Å²) in [5, 5.41) is 8.54. The molecule has 0 spiro atoms. The molecule has 9 heteroatoms. The fourth-order valence-corrected chi connectivity index (χ4v) is 3.54. The second kappa shape index (κ2) is 8.62. The number of hydrogen-bond acceptors (Lipinski definition) is 8. The molecule has 0 bridgehead atoms. The largest absolute Gasteiger partial charge is 0.494 e. The second-order valence-electron chi connectivity index (χ2n) is 7.29. The first-order chi connectivity index (χ1) is 15.4. The molecule has 3 aromatic heterocycles. The van der Waals surface area contributed by atoms with Crippen molar-refractivity contribution in [1.29, 1.82) is 0 Å². The van der Waals surface area contributed by atoms with Gasteiger partial charge >= 0.3 is 5.97 Å². The molecule has 0 aliphatic carbocycles. The Hall–Kier alpha value is -4.01. The van der Waals surface area contributed by atoms with Crippen LogP contribution in [0.25, 0.3) is 16.7 Å². The fraction of sp³-hybridized carbons (Fsp3) is 0.261. The number of rotatable bonds is 6. The lowest BCUT2D eigenvalue weighted by molar-refractivity contribution is 0.0527. The molecule has 1 aromatic carbocycles. The van der Waals surface area contributed by atoms with Gasteiger partial charge in [-0.3, -0.25) is 0 Å². The Bertz CT molecular complexity index is 1290. The van der Waals surface area contributed by atoms with Crippen LogP contribution in [0.15, 0.2) is 36.5 Å². The maximum Gasteiger partial charge on any atom is 0.343 e. The van der Waals surface area contributed by atoms with E-state index in [4.69, 9.17) is 14.5 Å². The molecule has 0 saturated carbocycles. The van der Waals surface area contributed by atoms with E-state index in [9.17, 15) is 4.79 Å². The van der Waals surface area contributed by atoms with E-state index in [1.807, 2.05) is 51.1 Å². The molecule has 0 saturated heterocycles. The minimum Gasteiger partial charge on any atom is -0.494 e. The number of pyridine rings is 1. The van der Waals surface area contributed by atoms with Crippen molar-refractivity contribution in [2.75, 3.05) is 19.0 Å². The number of nitrogens with one attached hydrogen (secondary N) is 1. The van der Waals surface area contributed by atoms with E-state index in [2.05, 4.69) is 20.4 Å². The number of aromatic nitrogens is 5. The number of methoxy groups -OCH3 is 1. The molecule has 0 radical (unpaired) electrons. The van der Waals surface area contributed by atoms with E-state index in [0.717, 1.165) is 22.3 Å². The molecule has 3 heterocycles. The van der Waals surface area contributed by atoms with E-state index in [1.54, 1.807) is 18.7 Å². The SMILES string of the molecule is CCOC(=O)c1cnn(-c2cc(C)c3cccc(OC)c3n2)c1Nc1nc(C)cc(C)n1. The first-order valence-electron chi connectivity index (χ1n) is 10.2. The number of ether oxygens (including phenoxy) is 2. The molecule has 0 aliphatic heterocycles. The zero-order chi connectivity index (χ0) is 22.8. The number of aryl methyl sites for hydroxylation is 3. The highest BCUT2D eigenvalue weighted by molar-refractivity contribution is 5.95. The van der Waals surface area contributed by atoms with Crippen molar-refractivity contribution in [3.63, 3.8) is 0 Å². The van der Waals surface area contributed by atoms with Crippen LogP contribution in [-0.4, -0.2) is 44.4 Å². The van der Waals surface area contributed by atoms with Gasteiger partial charge < -0.3 is 14.8 Å². The van der Waals surface area contributed by atoms with Crippen LogP contribution in [0, 0.1) is 20.8 Å². The number of fused-ring (bicyclic) bond motifs is 1. The van der Waals surface area contributed by atoms with E-state index < -0.39 is 5.97 Å². The molecule has 9 nitrogen and oxygen atoms in total. The highest BCUT2D eigenvalue weighted by Gasteiger charge is 2.22. The van der Waals surface area contributed by atoms with Crippen molar-refractivity contribution < 1.29 is 14.3 Å². The van der Waals surface area contributed by atoms with Crippen LogP contribution in [0.1, 0.15) is 34.2 Å². The molecular weight excluding hydrogens is 408 g/mol. The number of anilines is 2. The monoisotopic (exact) mass is 432 g/mol. The van der Waals surface area contributed by atoms with Crippen LogP contribution in [0.5, 0.6) is 5.75 Å². The van der Waals surface area contributed by atoms with Crippen molar-refractivity contribution >= 4 is 28.6 Å². The third kappa shape index (κ3) is 3.96. The average Bonchev–Trinajstić information content (AvgIpc) is 3.16. The lowest BCUT2D eigenvalue weighted by Gasteiger charge is -2.13. The van der Waals surface area contributed by atoms with Crippen LogP contribution >= 0.6 is 0 Å². The van der Waals surface area contributed by atoms with Gasteiger partial charge in [0.05, 0.1) is 19.9 Å². The Morgan fingerprint density at radius 1 is 1.09 bits per heavy atom. The third-order valence-corrected chi connectivity index (χ3v) is 4.91. The number of carbonyl (C=O) groups is 1. The van der Waals surface area contributed by atoms with Gasteiger partial charge in [0, 0.05) is 16.8 Å². The number of para-hydroxylation sites is 1. The van der Waals surface area contributed by atoms with Gasteiger partial charge in [0.15, 0.2) is 11.6 Å². The molecule has 4 rings (SSSR count). The molecule has 32 heavy (non-hydrogen) atoms. The highest BCUT2D eigenvalue weighted by Crippen LogP contribution is 2.30. The molecule has 0 aliphatic rings. The van der Waals surface area contributed by atoms with Crippen LogP contribution < -0.4 is 10.1 Å². The van der Waals surface area contributed by atoms with Crippen LogP contribution in [0.2, 0.25) is 0 Å². The number of benzene rings is 1. The second-order valence-corrected chi connectivity index (χ2v) is 7.29. The van der Waals surface area contributed by atoms with Crippen LogP contribution in [0.4, 0.5) is 11.8 Å². The number of nitrogens with zero attached hydrogens (tertiary/aromatic N) is 5. The topological polar surface area (TPSA) is 104 Å². The zero-order valence-corrected chi connectivity index (χ0v) is 18.6. The summed E-state index contributed by atoms with van der Waals surface area (Å²) < 4.78 is 12.3. The van der Waals surface area contributed by atoms with Gasteiger partial charge in [-0.05, 0) is 51.5 Å². The summed E-state index contributed by atoms with van der Waals surface area (Å²) >= 11 is 0. The summed E-state index contributed by atoms with van der Waals surface area (Å²) in [7, 11) is 1.61. The number of carbonyl (C=O) groups excluding carboxylic acids is 1. The average molecular weight is 432 g/mol. The van der Waals surface area contributed by atoms with Crippen LogP contribution in [0.3, 0.4) is 0 Å². The molecule has 1 N–H and O–H groups in total. The van der Waals surface area contributed by atoms with Crippen molar-refractivity contribution in [2.24, 2.45) is 0 Å². The summed E-state index contributed by atoms with van der Waals surface area (Å²) in [5.41, 5.74) is 3.55. The Labute approximate surface area is 185 Å². The summed E-state index contributed by atoms with van der Waals surface area (Å²) in [6.45, 7) is 7.74. The van der Waals surface area contributed by atoms with Crippen LogP contribution in [-0.2, 0) is 4.74 Å². The predicted molar refractivity (Wildman–Crippen MR) is 121 cm³/mol. The zero-order valence-electron chi connectivity index (χ0n) is 18.6. The van der Waals surface area contributed by atoms with Crippen molar-refractivity contribution in [1.82, 2.24) is 24.7 Å². The molecule has 0 unspecified atom stereocenters. The van der Waals surface area contributed by atoms with Gasteiger partial charge in [0.2, 0.25) is 5.95 Å². The van der Waals surface area contributed by atoms with Gasteiger partial charge in [0.1, 0.15) is 16.8 Å².